The Labute approximate surface area is 163 Å². The second-order valence-electron chi connectivity index (χ2n) is 6.18. The van der Waals surface area contributed by atoms with Gasteiger partial charge in [0.1, 0.15) is 17.9 Å². The Bertz CT molecular complexity index is 991. The number of carbonyl (C=O) groups excluding carboxylic acids is 1. The van der Waals surface area contributed by atoms with Crippen molar-refractivity contribution >= 4 is 28.3 Å². The number of likely N-dealkylation sites (N-methyl/N-ethyl adjacent to an activating group) is 1. The number of nitrogens with one attached hydrogen (secondary N) is 1. The molecule has 1 N–H and O–H groups in total. The molecule has 8 nitrogen and oxygen atoms in total. The van der Waals surface area contributed by atoms with Crippen LogP contribution in [-0.2, 0) is 4.79 Å². The zero-order valence-corrected chi connectivity index (χ0v) is 16.2. The zero-order valence-electron chi connectivity index (χ0n) is 16.2. The summed E-state index contributed by atoms with van der Waals surface area (Å²) >= 11 is 0. The molecule has 1 heterocycles. The van der Waals surface area contributed by atoms with Crippen molar-refractivity contribution in [2.45, 2.75) is 0 Å². The number of aromatic nitrogens is 2. The maximum atomic E-state index is 11.9. The molecule has 146 valence electrons. The van der Waals surface area contributed by atoms with Crippen molar-refractivity contribution in [2.24, 2.45) is 0 Å². The predicted molar refractivity (Wildman–Crippen MR) is 107 cm³/mol. The molecule has 0 aliphatic rings. The molecule has 28 heavy (non-hydrogen) atoms. The van der Waals surface area contributed by atoms with E-state index in [1.54, 1.807) is 40.4 Å². The highest BCUT2D eigenvalue weighted by molar-refractivity contribution is 5.93. The van der Waals surface area contributed by atoms with E-state index < -0.39 is 0 Å². The van der Waals surface area contributed by atoms with Crippen LogP contribution < -0.4 is 19.5 Å². The molecular formula is C20H22N4O4. The highest BCUT2D eigenvalue weighted by Crippen LogP contribution is 2.35. The number of benzene rings is 2. The van der Waals surface area contributed by atoms with Crippen molar-refractivity contribution in [2.75, 3.05) is 40.2 Å². The van der Waals surface area contributed by atoms with E-state index in [9.17, 15) is 4.79 Å². The van der Waals surface area contributed by atoms with Gasteiger partial charge in [0.05, 0.1) is 19.7 Å². The first-order valence-corrected chi connectivity index (χ1v) is 8.58. The first-order valence-electron chi connectivity index (χ1n) is 8.58. The first kappa shape index (κ1) is 19.2. The van der Waals surface area contributed by atoms with E-state index in [0.29, 0.717) is 22.8 Å². The molecule has 0 radical (unpaired) electrons. The Balaban J connectivity index is 1.97. The molecule has 0 spiro atoms. The minimum Gasteiger partial charge on any atom is -0.497 e. The van der Waals surface area contributed by atoms with Crippen LogP contribution in [-0.4, -0.2) is 55.7 Å². The average molecular weight is 382 g/mol. The average Bonchev–Trinajstić information content (AvgIpc) is 2.71. The number of hydrogen-bond donors (Lipinski definition) is 1. The van der Waals surface area contributed by atoms with Gasteiger partial charge >= 0.3 is 0 Å². The molecule has 2 aromatic carbocycles. The van der Waals surface area contributed by atoms with Crippen LogP contribution in [0.2, 0.25) is 0 Å². The summed E-state index contributed by atoms with van der Waals surface area (Å²) in [6.45, 7) is -0.0960. The quantitative estimate of drug-likeness (QED) is 0.672. The largest absolute Gasteiger partial charge is 0.497 e. The fourth-order valence-corrected chi connectivity index (χ4v) is 2.54. The van der Waals surface area contributed by atoms with Crippen molar-refractivity contribution in [3.8, 4) is 17.2 Å². The molecule has 0 aliphatic carbocycles. The predicted octanol–water partition coefficient (Wildman–Crippen LogP) is 2.86. The van der Waals surface area contributed by atoms with Crippen molar-refractivity contribution < 1.29 is 19.0 Å². The number of methoxy groups -OCH3 is 2. The standard InChI is InChI=1S/C20H22N4O4/c1-24(2)19(25)11-28-18-9-15-16(10-17(18)27-4)21-12-22-20(15)23-13-6-5-7-14(8-13)26-3/h5-10,12H,11H2,1-4H3,(H,21,22,23). The van der Waals surface area contributed by atoms with Gasteiger partial charge in [0.25, 0.3) is 5.91 Å². The van der Waals surface area contributed by atoms with Gasteiger partial charge in [-0.05, 0) is 18.2 Å². The second-order valence-corrected chi connectivity index (χ2v) is 6.18. The van der Waals surface area contributed by atoms with Crippen molar-refractivity contribution in [3.63, 3.8) is 0 Å². The third kappa shape index (κ3) is 4.22. The maximum Gasteiger partial charge on any atom is 0.259 e. The highest BCUT2D eigenvalue weighted by atomic mass is 16.5. The molecule has 0 bridgehead atoms. The lowest BCUT2D eigenvalue weighted by molar-refractivity contribution is -0.130. The molecule has 0 saturated heterocycles. The van der Waals surface area contributed by atoms with Crippen LogP contribution in [0.4, 0.5) is 11.5 Å². The molecule has 1 amide bonds. The summed E-state index contributed by atoms with van der Waals surface area (Å²) in [4.78, 5) is 22.0. The van der Waals surface area contributed by atoms with E-state index in [1.165, 1.54) is 11.2 Å². The van der Waals surface area contributed by atoms with Gasteiger partial charge in [-0.15, -0.1) is 0 Å². The number of hydrogen-bond acceptors (Lipinski definition) is 7. The SMILES string of the molecule is COc1cccc(Nc2ncnc3cc(OC)c(OCC(=O)N(C)C)cc23)c1. The van der Waals surface area contributed by atoms with Gasteiger partial charge in [0.2, 0.25) is 0 Å². The normalized spacial score (nSPS) is 10.4. The number of carbonyl (C=O) groups is 1. The van der Waals surface area contributed by atoms with Crippen LogP contribution in [0.1, 0.15) is 0 Å². The highest BCUT2D eigenvalue weighted by Gasteiger charge is 2.14. The minimum absolute atomic E-state index is 0.0960. The second kappa shape index (κ2) is 8.43. The van der Waals surface area contributed by atoms with E-state index in [4.69, 9.17) is 14.2 Å². The topological polar surface area (TPSA) is 85.8 Å². The molecular weight excluding hydrogens is 360 g/mol. The minimum atomic E-state index is -0.152. The lowest BCUT2D eigenvalue weighted by atomic mass is 10.2. The van der Waals surface area contributed by atoms with Crippen LogP contribution in [0.3, 0.4) is 0 Å². The summed E-state index contributed by atoms with van der Waals surface area (Å²) in [6, 6.07) is 11.0. The Morgan fingerprint density at radius 2 is 1.89 bits per heavy atom. The van der Waals surface area contributed by atoms with Gasteiger partial charge in [0, 0.05) is 37.3 Å². The summed E-state index contributed by atoms with van der Waals surface area (Å²) < 4.78 is 16.3. The molecule has 0 atom stereocenters. The lowest BCUT2D eigenvalue weighted by Crippen LogP contribution is -2.27. The summed E-state index contributed by atoms with van der Waals surface area (Å²) in [6.07, 6.45) is 1.47. The molecule has 3 rings (SSSR count). The Hall–Kier alpha value is -3.55. The van der Waals surface area contributed by atoms with E-state index in [1.807, 2.05) is 24.3 Å². The Morgan fingerprint density at radius 3 is 2.61 bits per heavy atom. The van der Waals surface area contributed by atoms with Crippen molar-refractivity contribution in [3.05, 3.63) is 42.7 Å². The molecule has 1 aromatic heterocycles. The molecule has 0 unspecified atom stereocenters. The summed E-state index contributed by atoms with van der Waals surface area (Å²) in [5.41, 5.74) is 1.50. The van der Waals surface area contributed by atoms with Crippen LogP contribution in [0.15, 0.2) is 42.7 Å². The lowest BCUT2D eigenvalue weighted by Gasteiger charge is -2.15. The van der Waals surface area contributed by atoms with Gasteiger partial charge in [-0.3, -0.25) is 4.79 Å². The maximum absolute atomic E-state index is 11.9. The smallest absolute Gasteiger partial charge is 0.259 e. The third-order valence-electron chi connectivity index (χ3n) is 4.10. The molecule has 8 heteroatoms. The van der Waals surface area contributed by atoms with Gasteiger partial charge < -0.3 is 24.4 Å². The number of anilines is 2. The Kier molecular flexibility index (Phi) is 5.78. The number of ether oxygens (including phenoxy) is 3. The number of nitrogens with zero attached hydrogens (tertiary/aromatic N) is 3. The van der Waals surface area contributed by atoms with Crippen LogP contribution in [0.5, 0.6) is 17.2 Å². The van der Waals surface area contributed by atoms with Crippen LogP contribution >= 0.6 is 0 Å². The van der Waals surface area contributed by atoms with E-state index in [2.05, 4.69) is 15.3 Å². The molecule has 0 aliphatic heterocycles. The number of rotatable bonds is 7. The molecule has 0 fully saturated rings. The molecule has 3 aromatic rings. The summed E-state index contributed by atoms with van der Waals surface area (Å²) in [7, 11) is 6.50. The monoisotopic (exact) mass is 382 g/mol. The van der Waals surface area contributed by atoms with Crippen LogP contribution in [0.25, 0.3) is 10.9 Å². The van der Waals surface area contributed by atoms with Gasteiger partial charge in [-0.25, -0.2) is 9.97 Å². The van der Waals surface area contributed by atoms with Gasteiger partial charge in [-0.2, -0.15) is 0 Å². The van der Waals surface area contributed by atoms with Crippen molar-refractivity contribution in [1.29, 1.82) is 0 Å². The fourth-order valence-electron chi connectivity index (χ4n) is 2.54. The summed E-state index contributed by atoms with van der Waals surface area (Å²) in [5, 5.41) is 4.00. The van der Waals surface area contributed by atoms with Crippen LogP contribution in [0, 0.1) is 0 Å². The van der Waals surface area contributed by atoms with E-state index >= 15 is 0 Å². The van der Waals surface area contributed by atoms with E-state index in [0.717, 1.165) is 16.8 Å². The first-order chi connectivity index (χ1) is 13.5. The molecule has 0 saturated carbocycles. The van der Waals surface area contributed by atoms with Crippen molar-refractivity contribution in [1.82, 2.24) is 14.9 Å². The fraction of sp³-hybridized carbons (Fsp3) is 0.250. The van der Waals surface area contributed by atoms with Gasteiger partial charge in [-0.1, -0.05) is 6.07 Å². The zero-order chi connectivity index (χ0) is 20.1. The number of fused-ring (bicyclic) bond motifs is 1. The van der Waals surface area contributed by atoms with Gasteiger partial charge in [0.15, 0.2) is 18.1 Å². The Morgan fingerprint density at radius 1 is 1.07 bits per heavy atom. The number of amides is 1. The third-order valence-corrected chi connectivity index (χ3v) is 4.10. The summed E-state index contributed by atoms with van der Waals surface area (Å²) in [5.74, 6) is 2.11. The van der Waals surface area contributed by atoms with E-state index in [-0.39, 0.29) is 12.5 Å².